The minimum atomic E-state index is -0.404. The molecule has 92 valence electrons. The Balaban J connectivity index is 1.86. The lowest BCUT2D eigenvalue weighted by Gasteiger charge is -2.50. The molecule has 0 aromatic heterocycles. The predicted molar refractivity (Wildman–Crippen MR) is 61.0 cm³/mol. The number of carbonyl (C=O) groups excluding carboxylic acids is 1. The van der Waals surface area contributed by atoms with Gasteiger partial charge in [0.2, 0.25) is 0 Å². The molecule has 1 saturated carbocycles. The molecule has 0 amide bonds. The van der Waals surface area contributed by atoms with Crippen LogP contribution >= 0.6 is 0 Å². The third kappa shape index (κ3) is 2.16. The first-order valence-corrected chi connectivity index (χ1v) is 6.20. The molecule has 2 fully saturated rings. The number of rotatable bonds is 4. The van der Waals surface area contributed by atoms with Gasteiger partial charge in [0.05, 0.1) is 13.2 Å². The molecular formula is C13H22O3. The Morgan fingerprint density at radius 3 is 2.38 bits per heavy atom. The summed E-state index contributed by atoms with van der Waals surface area (Å²) in [5.74, 6) is 0.341. The monoisotopic (exact) mass is 226 g/mol. The summed E-state index contributed by atoms with van der Waals surface area (Å²) in [7, 11) is 0. The van der Waals surface area contributed by atoms with Gasteiger partial charge in [0.25, 0.3) is 0 Å². The van der Waals surface area contributed by atoms with E-state index in [2.05, 4.69) is 13.8 Å². The van der Waals surface area contributed by atoms with Crippen molar-refractivity contribution in [2.45, 2.75) is 45.8 Å². The maximum Gasteiger partial charge on any atom is 0.165 e. The number of hydrogen-bond acceptors (Lipinski definition) is 3. The summed E-state index contributed by atoms with van der Waals surface area (Å²) in [5, 5.41) is 0. The molecule has 0 N–H and O–H groups in total. The van der Waals surface area contributed by atoms with Crippen LogP contribution in [0, 0.1) is 17.3 Å². The summed E-state index contributed by atoms with van der Waals surface area (Å²) in [6.07, 6.45) is 4.06. The van der Waals surface area contributed by atoms with Crippen LogP contribution in [0.3, 0.4) is 0 Å². The number of hydrogen-bond donors (Lipinski definition) is 0. The molecule has 1 heterocycles. The average Bonchev–Trinajstić information content (AvgIpc) is 2.62. The van der Waals surface area contributed by atoms with Gasteiger partial charge in [0, 0.05) is 12.3 Å². The minimum absolute atomic E-state index is 0.250. The van der Waals surface area contributed by atoms with Crippen LogP contribution in [-0.2, 0) is 14.3 Å². The summed E-state index contributed by atoms with van der Waals surface area (Å²) >= 11 is 0. The molecule has 0 aromatic carbocycles. The van der Waals surface area contributed by atoms with Crippen molar-refractivity contribution in [3.63, 3.8) is 0 Å². The van der Waals surface area contributed by atoms with Crippen LogP contribution in [0.2, 0.25) is 0 Å². The quantitative estimate of drug-likeness (QED) is 0.690. The lowest BCUT2D eigenvalue weighted by molar-refractivity contribution is -0.158. The van der Waals surface area contributed by atoms with Gasteiger partial charge in [0.15, 0.2) is 5.79 Å². The fourth-order valence-electron chi connectivity index (χ4n) is 3.19. The molecule has 1 saturated heterocycles. The molecule has 1 aliphatic carbocycles. The Bertz CT molecular complexity index is 266. The van der Waals surface area contributed by atoms with Crippen molar-refractivity contribution in [3.05, 3.63) is 0 Å². The number of carbonyl (C=O) groups is 1. The minimum Gasteiger partial charge on any atom is -0.348 e. The third-order valence-corrected chi connectivity index (χ3v) is 4.26. The van der Waals surface area contributed by atoms with Gasteiger partial charge in [-0.1, -0.05) is 13.8 Å². The highest BCUT2D eigenvalue weighted by molar-refractivity contribution is 5.56. The van der Waals surface area contributed by atoms with Crippen LogP contribution in [0.15, 0.2) is 0 Å². The van der Waals surface area contributed by atoms with Crippen molar-refractivity contribution in [2.75, 3.05) is 13.2 Å². The van der Waals surface area contributed by atoms with Crippen LogP contribution in [0.5, 0.6) is 0 Å². The molecule has 3 heteroatoms. The van der Waals surface area contributed by atoms with Gasteiger partial charge in [0.1, 0.15) is 6.29 Å². The summed E-state index contributed by atoms with van der Waals surface area (Å²) in [5.41, 5.74) is 0.306. The third-order valence-electron chi connectivity index (χ3n) is 4.26. The Morgan fingerprint density at radius 1 is 1.25 bits per heavy atom. The fraction of sp³-hybridized carbons (Fsp3) is 0.923. The Labute approximate surface area is 97.5 Å². The van der Waals surface area contributed by atoms with E-state index in [0.29, 0.717) is 24.5 Å². The van der Waals surface area contributed by atoms with Crippen LogP contribution in [0.1, 0.15) is 40.0 Å². The first-order chi connectivity index (χ1) is 7.47. The van der Waals surface area contributed by atoms with E-state index in [4.69, 9.17) is 9.47 Å². The first-order valence-electron chi connectivity index (χ1n) is 6.20. The van der Waals surface area contributed by atoms with E-state index in [9.17, 15) is 4.79 Å². The molecule has 16 heavy (non-hydrogen) atoms. The molecule has 0 spiro atoms. The molecular weight excluding hydrogens is 204 g/mol. The maximum absolute atomic E-state index is 10.9. The van der Waals surface area contributed by atoms with E-state index in [1.54, 1.807) is 0 Å². The van der Waals surface area contributed by atoms with Crippen molar-refractivity contribution in [2.24, 2.45) is 17.3 Å². The van der Waals surface area contributed by atoms with E-state index in [1.807, 2.05) is 6.92 Å². The highest BCUT2D eigenvalue weighted by Gasteiger charge is 2.47. The molecule has 3 nitrogen and oxygen atoms in total. The molecule has 0 bridgehead atoms. The van der Waals surface area contributed by atoms with E-state index >= 15 is 0 Å². The average molecular weight is 226 g/mol. The van der Waals surface area contributed by atoms with E-state index in [-0.39, 0.29) is 5.92 Å². The summed E-state index contributed by atoms with van der Waals surface area (Å²) in [6.45, 7) is 7.89. The molecule has 2 aliphatic rings. The van der Waals surface area contributed by atoms with Crippen molar-refractivity contribution in [3.8, 4) is 0 Å². The lowest BCUT2D eigenvalue weighted by Crippen LogP contribution is -2.45. The second kappa shape index (κ2) is 4.11. The van der Waals surface area contributed by atoms with Gasteiger partial charge in [-0.25, -0.2) is 0 Å². The second-order valence-corrected chi connectivity index (χ2v) is 5.97. The second-order valence-electron chi connectivity index (χ2n) is 5.97. The van der Waals surface area contributed by atoms with Gasteiger partial charge < -0.3 is 14.3 Å². The van der Waals surface area contributed by atoms with E-state index in [0.717, 1.165) is 25.5 Å². The Morgan fingerprint density at radius 2 is 1.88 bits per heavy atom. The highest BCUT2D eigenvalue weighted by atomic mass is 16.7. The highest BCUT2D eigenvalue weighted by Crippen LogP contribution is 2.52. The largest absolute Gasteiger partial charge is 0.348 e. The molecule has 1 aliphatic heterocycles. The molecule has 0 aromatic rings. The fourth-order valence-corrected chi connectivity index (χ4v) is 3.19. The smallest absolute Gasteiger partial charge is 0.165 e. The van der Waals surface area contributed by atoms with Crippen LogP contribution in [0.4, 0.5) is 0 Å². The zero-order valence-corrected chi connectivity index (χ0v) is 10.5. The van der Waals surface area contributed by atoms with Crippen molar-refractivity contribution < 1.29 is 14.3 Å². The first kappa shape index (κ1) is 12.1. The van der Waals surface area contributed by atoms with Gasteiger partial charge in [-0.05, 0) is 31.1 Å². The maximum atomic E-state index is 10.9. The van der Waals surface area contributed by atoms with Crippen LogP contribution < -0.4 is 0 Å². The topological polar surface area (TPSA) is 35.5 Å². The molecule has 2 rings (SSSR count). The van der Waals surface area contributed by atoms with Crippen LogP contribution in [0.25, 0.3) is 0 Å². The normalized spacial score (nSPS) is 35.7. The number of ether oxygens (including phenoxy) is 2. The predicted octanol–water partition coefficient (Wildman–Crippen LogP) is 2.39. The zero-order valence-electron chi connectivity index (χ0n) is 10.5. The SMILES string of the molecule is CC1(CC[C@@H]2[C@@H](C=O)CC2(C)C)OCCO1. The van der Waals surface area contributed by atoms with E-state index < -0.39 is 5.79 Å². The summed E-state index contributed by atoms with van der Waals surface area (Å²) < 4.78 is 11.2. The van der Waals surface area contributed by atoms with E-state index in [1.165, 1.54) is 0 Å². The molecule has 2 atom stereocenters. The Hall–Kier alpha value is -0.410. The standard InChI is InChI=1S/C13H22O3/c1-12(2)8-10(9-14)11(12)4-5-13(3)15-6-7-16-13/h9-11H,4-8H2,1-3H3/t10-,11-/m1/s1. The summed E-state index contributed by atoms with van der Waals surface area (Å²) in [6, 6.07) is 0. The zero-order chi connectivity index (χ0) is 11.8. The number of aldehydes is 1. The Kier molecular flexibility index (Phi) is 3.10. The van der Waals surface area contributed by atoms with Crippen LogP contribution in [-0.4, -0.2) is 25.3 Å². The van der Waals surface area contributed by atoms with Crippen molar-refractivity contribution in [1.29, 1.82) is 0 Å². The molecule has 0 radical (unpaired) electrons. The summed E-state index contributed by atoms with van der Waals surface area (Å²) in [4.78, 5) is 10.9. The van der Waals surface area contributed by atoms with Gasteiger partial charge in [-0.15, -0.1) is 0 Å². The van der Waals surface area contributed by atoms with Crippen molar-refractivity contribution in [1.82, 2.24) is 0 Å². The van der Waals surface area contributed by atoms with Crippen molar-refractivity contribution >= 4 is 6.29 Å². The van der Waals surface area contributed by atoms with Gasteiger partial charge in [-0.3, -0.25) is 0 Å². The lowest BCUT2D eigenvalue weighted by atomic mass is 9.54. The van der Waals surface area contributed by atoms with Gasteiger partial charge in [-0.2, -0.15) is 0 Å². The molecule has 0 unspecified atom stereocenters. The van der Waals surface area contributed by atoms with Gasteiger partial charge >= 0.3 is 0 Å².